The van der Waals surface area contributed by atoms with Crippen molar-refractivity contribution >= 4 is 17.2 Å². The smallest absolute Gasteiger partial charge is 0.346 e. The standard InChI is InChI=1S/C11H12F3N3O3S/c1-2-6(10-16-8(4-21-10)11(12,13)14)15-9(18)5-3-7(5)17(19)20/h4-7H,2-3H2,1H3,(H,15,18)/t5-,6-,7-/m0/s1. The molecular formula is C11H12F3N3O3S. The molecule has 1 aliphatic carbocycles. The van der Waals surface area contributed by atoms with Crippen LogP contribution in [0.25, 0.3) is 0 Å². The first-order valence-corrected chi connectivity index (χ1v) is 7.08. The molecule has 1 aromatic rings. The molecule has 2 rings (SSSR count). The molecule has 0 spiro atoms. The number of carbonyl (C=O) groups is 1. The highest BCUT2D eigenvalue weighted by Crippen LogP contribution is 2.35. The third-order valence-electron chi connectivity index (χ3n) is 3.20. The number of hydrogen-bond donors (Lipinski definition) is 1. The van der Waals surface area contributed by atoms with E-state index in [0.29, 0.717) is 6.42 Å². The molecule has 1 N–H and O–H groups in total. The number of aromatic nitrogens is 1. The minimum absolute atomic E-state index is 0.150. The van der Waals surface area contributed by atoms with Crippen molar-refractivity contribution in [3.05, 3.63) is 26.2 Å². The Morgan fingerprint density at radius 2 is 2.33 bits per heavy atom. The summed E-state index contributed by atoms with van der Waals surface area (Å²) in [6.45, 7) is 1.69. The average molecular weight is 323 g/mol. The average Bonchev–Trinajstić information content (AvgIpc) is 3.04. The van der Waals surface area contributed by atoms with Crippen molar-refractivity contribution in [1.82, 2.24) is 10.3 Å². The van der Waals surface area contributed by atoms with E-state index in [9.17, 15) is 28.1 Å². The molecule has 3 atom stereocenters. The lowest BCUT2D eigenvalue weighted by molar-refractivity contribution is -0.497. The van der Waals surface area contributed by atoms with Gasteiger partial charge in [0.15, 0.2) is 5.69 Å². The largest absolute Gasteiger partial charge is 0.434 e. The highest BCUT2D eigenvalue weighted by atomic mass is 32.1. The first-order chi connectivity index (χ1) is 9.74. The number of rotatable bonds is 5. The number of thiazole rings is 1. The molecule has 116 valence electrons. The number of nitrogens with one attached hydrogen (secondary N) is 1. The van der Waals surface area contributed by atoms with Gasteiger partial charge in [-0.05, 0) is 6.42 Å². The molecule has 0 radical (unpaired) electrons. The number of carbonyl (C=O) groups excluding carboxylic acids is 1. The van der Waals surface area contributed by atoms with E-state index in [4.69, 9.17) is 0 Å². The maximum Gasteiger partial charge on any atom is 0.434 e. The predicted molar refractivity (Wildman–Crippen MR) is 67.2 cm³/mol. The molecule has 0 bridgehead atoms. The summed E-state index contributed by atoms with van der Waals surface area (Å²) in [6, 6.07) is -1.55. The summed E-state index contributed by atoms with van der Waals surface area (Å²) < 4.78 is 37.5. The van der Waals surface area contributed by atoms with Crippen LogP contribution in [0.1, 0.15) is 36.5 Å². The Bertz CT molecular complexity index is 560. The Kier molecular flexibility index (Phi) is 4.17. The molecule has 0 unspecified atom stereocenters. The number of alkyl halides is 3. The van der Waals surface area contributed by atoms with Crippen LogP contribution < -0.4 is 5.32 Å². The monoisotopic (exact) mass is 323 g/mol. The lowest BCUT2D eigenvalue weighted by atomic mass is 10.2. The molecule has 0 saturated heterocycles. The lowest BCUT2D eigenvalue weighted by Gasteiger charge is -2.14. The van der Waals surface area contributed by atoms with Crippen molar-refractivity contribution in [2.75, 3.05) is 0 Å². The van der Waals surface area contributed by atoms with Crippen molar-refractivity contribution in [2.45, 2.75) is 38.0 Å². The number of nitro groups is 1. The normalized spacial score (nSPS) is 22.7. The van der Waals surface area contributed by atoms with Crippen molar-refractivity contribution in [3.63, 3.8) is 0 Å². The molecule has 1 heterocycles. The third-order valence-corrected chi connectivity index (χ3v) is 4.16. The van der Waals surface area contributed by atoms with Gasteiger partial charge in [-0.25, -0.2) is 4.98 Å². The van der Waals surface area contributed by atoms with Crippen LogP contribution in [0.3, 0.4) is 0 Å². The maximum absolute atomic E-state index is 12.5. The summed E-state index contributed by atoms with van der Waals surface area (Å²) in [5.41, 5.74) is -0.996. The van der Waals surface area contributed by atoms with Gasteiger partial charge in [0.05, 0.1) is 6.04 Å². The third kappa shape index (κ3) is 3.49. The molecule has 1 aliphatic rings. The zero-order valence-electron chi connectivity index (χ0n) is 10.9. The number of amides is 1. The molecule has 10 heteroatoms. The molecule has 0 aliphatic heterocycles. The fourth-order valence-corrected chi connectivity index (χ4v) is 2.85. The molecule has 6 nitrogen and oxygen atoms in total. The van der Waals surface area contributed by atoms with E-state index in [1.165, 1.54) is 0 Å². The van der Waals surface area contributed by atoms with E-state index in [1.807, 2.05) is 0 Å². The minimum Gasteiger partial charge on any atom is -0.346 e. The highest BCUT2D eigenvalue weighted by Gasteiger charge is 2.53. The molecule has 1 fully saturated rings. The summed E-state index contributed by atoms with van der Waals surface area (Å²) in [5, 5.41) is 14.1. The van der Waals surface area contributed by atoms with Gasteiger partial charge in [0, 0.05) is 16.7 Å². The van der Waals surface area contributed by atoms with Crippen LogP contribution in [0.4, 0.5) is 13.2 Å². The van der Waals surface area contributed by atoms with Crippen LogP contribution in [0, 0.1) is 16.0 Å². The Hall–Kier alpha value is -1.71. The summed E-state index contributed by atoms with van der Waals surface area (Å²) in [4.78, 5) is 25.3. The van der Waals surface area contributed by atoms with Gasteiger partial charge in [-0.2, -0.15) is 13.2 Å². The Morgan fingerprint density at radius 3 is 2.76 bits per heavy atom. The summed E-state index contributed by atoms with van der Waals surface area (Å²) in [5.74, 6) is -1.21. The second-order valence-corrected chi connectivity index (χ2v) is 5.62. The Labute approximate surface area is 121 Å². The first kappa shape index (κ1) is 15.7. The van der Waals surface area contributed by atoms with Gasteiger partial charge in [0.2, 0.25) is 11.9 Å². The molecule has 1 saturated carbocycles. The van der Waals surface area contributed by atoms with Crippen molar-refractivity contribution in [3.8, 4) is 0 Å². The number of halogens is 3. The Balaban J connectivity index is 2.02. The van der Waals surface area contributed by atoms with Gasteiger partial charge in [0.1, 0.15) is 10.9 Å². The molecular weight excluding hydrogens is 311 g/mol. The van der Waals surface area contributed by atoms with E-state index in [2.05, 4.69) is 10.3 Å². The maximum atomic E-state index is 12.5. The second-order valence-electron chi connectivity index (χ2n) is 4.73. The van der Waals surface area contributed by atoms with Gasteiger partial charge in [-0.15, -0.1) is 11.3 Å². The first-order valence-electron chi connectivity index (χ1n) is 6.20. The van der Waals surface area contributed by atoms with Crippen LogP contribution in [-0.4, -0.2) is 21.9 Å². The van der Waals surface area contributed by atoms with Crippen LogP contribution in [-0.2, 0) is 11.0 Å². The van der Waals surface area contributed by atoms with Gasteiger partial charge < -0.3 is 5.32 Å². The molecule has 0 aromatic carbocycles. The second kappa shape index (κ2) is 5.58. The molecule has 1 aromatic heterocycles. The summed E-state index contributed by atoms with van der Waals surface area (Å²) in [7, 11) is 0. The topological polar surface area (TPSA) is 85.1 Å². The number of hydrogen-bond acceptors (Lipinski definition) is 5. The van der Waals surface area contributed by atoms with E-state index < -0.39 is 40.7 Å². The fraction of sp³-hybridized carbons (Fsp3) is 0.636. The Morgan fingerprint density at radius 1 is 1.67 bits per heavy atom. The van der Waals surface area contributed by atoms with Crippen LogP contribution in [0.15, 0.2) is 5.38 Å². The quantitative estimate of drug-likeness (QED) is 0.666. The van der Waals surface area contributed by atoms with E-state index in [-0.39, 0.29) is 11.4 Å². The van der Waals surface area contributed by atoms with Gasteiger partial charge in [-0.3, -0.25) is 14.9 Å². The van der Waals surface area contributed by atoms with Gasteiger partial charge in [-0.1, -0.05) is 6.92 Å². The van der Waals surface area contributed by atoms with Gasteiger partial charge >= 0.3 is 6.18 Å². The van der Waals surface area contributed by atoms with Gasteiger partial charge in [0.25, 0.3) is 0 Å². The lowest BCUT2D eigenvalue weighted by Crippen LogP contribution is -2.31. The van der Waals surface area contributed by atoms with Crippen molar-refractivity contribution < 1.29 is 22.9 Å². The highest BCUT2D eigenvalue weighted by molar-refractivity contribution is 7.09. The van der Waals surface area contributed by atoms with Crippen LogP contribution in [0.2, 0.25) is 0 Å². The zero-order valence-corrected chi connectivity index (χ0v) is 11.7. The minimum atomic E-state index is -4.52. The molecule has 21 heavy (non-hydrogen) atoms. The van der Waals surface area contributed by atoms with E-state index in [1.54, 1.807) is 6.92 Å². The van der Waals surface area contributed by atoms with E-state index >= 15 is 0 Å². The summed E-state index contributed by atoms with van der Waals surface area (Å²) >= 11 is 0.811. The zero-order chi connectivity index (χ0) is 15.8. The fourth-order valence-electron chi connectivity index (χ4n) is 1.89. The van der Waals surface area contributed by atoms with Crippen LogP contribution in [0.5, 0.6) is 0 Å². The van der Waals surface area contributed by atoms with Crippen molar-refractivity contribution in [2.24, 2.45) is 5.92 Å². The number of nitrogens with zero attached hydrogens (tertiary/aromatic N) is 2. The molecule has 1 amide bonds. The van der Waals surface area contributed by atoms with Crippen LogP contribution >= 0.6 is 11.3 Å². The van der Waals surface area contributed by atoms with E-state index in [0.717, 1.165) is 16.7 Å². The SMILES string of the molecule is CC[C@H](NC(=O)[C@H]1C[C@@H]1[N+](=O)[O-])c1nc(C(F)(F)F)cs1. The summed E-state index contributed by atoms with van der Waals surface area (Å²) in [6.07, 6.45) is -4.00. The van der Waals surface area contributed by atoms with Crippen molar-refractivity contribution in [1.29, 1.82) is 0 Å². The predicted octanol–water partition coefficient (Wildman–Crippen LogP) is 2.39.